The molecule has 45 heavy (non-hydrogen) atoms. The Labute approximate surface area is 264 Å². The minimum Gasteiger partial charge on any atom is -0.465 e. The van der Waals surface area contributed by atoms with Crippen molar-refractivity contribution < 1.29 is 57.2 Å². The summed E-state index contributed by atoms with van der Waals surface area (Å²) in [4.78, 5) is 70.3. The third-order valence-corrected chi connectivity index (χ3v) is 5.96. The highest BCUT2D eigenvalue weighted by atomic mass is 16.6. The molecule has 0 fully saturated rings. The third kappa shape index (κ3) is 23.0. The first-order valence-electron chi connectivity index (χ1n) is 14.6. The lowest BCUT2D eigenvalue weighted by atomic mass is 9.88. The molecule has 0 aromatic heterocycles. The fourth-order valence-electron chi connectivity index (χ4n) is 3.14. The van der Waals surface area contributed by atoms with E-state index in [1.807, 2.05) is 0 Å². The van der Waals surface area contributed by atoms with Crippen LogP contribution in [0.25, 0.3) is 0 Å². The SMILES string of the molecule is C=CC(=O)OCCNCCC(=O)OCC(CC)(COC(=O)CCNCCOC(=O)C=C)COC(=O)CCNCCOC(=O)C=C. The fourth-order valence-corrected chi connectivity index (χ4v) is 3.14. The van der Waals surface area contributed by atoms with Crippen LogP contribution >= 0.6 is 0 Å². The minimum atomic E-state index is -0.994. The van der Waals surface area contributed by atoms with E-state index in [1.54, 1.807) is 6.92 Å². The van der Waals surface area contributed by atoms with Gasteiger partial charge in [0, 0.05) is 57.5 Å². The first-order chi connectivity index (χ1) is 21.6. The van der Waals surface area contributed by atoms with E-state index in [0.717, 1.165) is 18.2 Å². The molecule has 0 amide bonds. The molecule has 0 aliphatic carbocycles. The van der Waals surface area contributed by atoms with Gasteiger partial charge in [0.2, 0.25) is 0 Å². The van der Waals surface area contributed by atoms with E-state index in [9.17, 15) is 28.8 Å². The predicted octanol–water partition coefficient (Wildman–Crippen LogP) is 0.139. The van der Waals surface area contributed by atoms with Crippen LogP contribution in [0.5, 0.6) is 0 Å². The van der Waals surface area contributed by atoms with E-state index < -0.39 is 41.2 Å². The van der Waals surface area contributed by atoms with Crippen molar-refractivity contribution in [2.75, 3.05) is 78.9 Å². The number of hydrogen-bond donors (Lipinski definition) is 3. The standard InChI is InChI=1S/C30H47N3O12/c1-5-24(34)40-18-15-31-12-9-27(37)43-21-30(8-4,22-44-28(38)10-13-32-16-19-41-25(35)6-2)23-45-29(39)11-14-33-17-20-42-26(36)7-3/h5-7,31-33H,1-3,8-23H2,4H3. The maximum absolute atomic E-state index is 12.4. The van der Waals surface area contributed by atoms with Gasteiger partial charge in [-0.2, -0.15) is 0 Å². The van der Waals surface area contributed by atoms with Crippen LogP contribution in [0, 0.1) is 5.41 Å². The van der Waals surface area contributed by atoms with Crippen molar-refractivity contribution >= 4 is 35.8 Å². The molecule has 0 aromatic carbocycles. The molecule has 0 bridgehead atoms. The molecule has 0 aliphatic rings. The molecule has 15 heteroatoms. The van der Waals surface area contributed by atoms with Crippen LogP contribution in [0.3, 0.4) is 0 Å². The number of ether oxygens (including phenoxy) is 6. The number of carbonyl (C=O) groups excluding carboxylic acids is 6. The summed E-state index contributed by atoms with van der Waals surface area (Å²) in [6, 6.07) is 0. The van der Waals surface area contributed by atoms with Crippen LogP contribution < -0.4 is 16.0 Å². The number of carbonyl (C=O) groups is 6. The van der Waals surface area contributed by atoms with E-state index in [-0.39, 0.29) is 78.5 Å². The molecule has 0 radical (unpaired) electrons. The summed E-state index contributed by atoms with van der Waals surface area (Å²) in [6.45, 7) is 13.4. The maximum atomic E-state index is 12.4. The Kier molecular flexibility index (Phi) is 23.9. The summed E-state index contributed by atoms with van der Waals surface area (Å²) in [5.41, 5.74) is -0.994. The molecule has 0 heterocycles. The lowest BCUT2D eigenvalue weighted by Crippen LogP contribution is -2.39. The van der Waals surface area contributed by atoms with Crippen molar-refractivity contribution in [1.29, 1.82) is 0 Å². The van der Waals surface area contributed by atoms with Gasteiger partial charge in [-0.15, -0.1) is 0 Å². The first-order valence-corrected chi connectivity index (χ1v) is 14.6. The van der Waals surface area contributed by atoms with Gasteiger partial charge in [0.15, 0.2) is 0 Å². The number of esters is 6. The Balaban J connectivity index is 4.82. The Hall–Kier alpha value is -4.08. The van der Waals surface area contributed by atoms with Crippen molar-refractivity contribution in [2.24, 2.45) is 5.41 Å². The van der Waals surface area contributed by atoms with Crippen molar-refractivity contribution in [3.05, 3.63) is 38.0 Å². The monoisotopic (exact) mass is 641 g/mol. The highest BCUT2D eigenvalue weighted by Gasteiger charge is 2.34. The molecule has 15 nitrogen and oxygen atoms in total. The van der Waals surface area contributed by atoms with Crippen LogP contribution in [0.15, 0.2) is 38.0 Å². The highest BCUT2D eigenvalue weighted by Crippen LogP contribution is 2.25. The van der Waals surface area contributed by atoms with Crippen LogP contribution in [0.1, 0.15) is 32.6 Å². The first kappa shape index (κ1) is 40.9. The average Bonchev–Trinajstić information content (AvgIpc) is 3.05. The third-order valence-electron chi connectivity index (χ3n) is 5.96. The summed E-state index contributed by atoms with van der Waals surface area (Å²) in [5, 5.41) is 8.84. The molecule has 0 unspecified atom stereocenters. The minimum absolute atomic E-state index is 0.0241. The second-order valence-electron chi connectivity index (χ2n) is 9.45. The maximum Gasteiger partial charge on any atom is 0.330 e. The van der Waals surface area contributed by atoms with Crippen LogP contribution in [-0.4, -0.2) is 115 Å². The predicted molar refractivity (Wildman–Crippen MR) is 162 cm³/mol. The summed E-state index contributed by atoms with van der Waals surface area (Å²) in [5.74, 6) is -3.20. The van der Waals surface area contributed by atoms with Gasteiger partial charge in [-0.3, -0.25) is 14.4 Å². The normalized spacial score (nSPS) is 10.6. The molecule has 0 atom stereocenters. The topological polar surface area (TPSA) is 194 Å². The van der Waals surface area contributed by atoms with Gasteiger partial charge in [0.1, 0.15) is 39.6 Å². The van der Waals surface area contributed by atoms with Crippen molar-refractivity contribution in [2.45, 2.75) is 32.6 Å². The Morgan fingerprint density at radius 1 is 0.511 bits per heavy atom. The van der Waals surface area contributed by atoms with Crippen molar-refractivity contribution in [1.82, 2.24) is 16.0 Å². The zero-order valence-corrected chi connectivity index (χ0v) is 26.1. The molecule has 0 saturated heterocycles. The molecule has 3 N–H and O–H groups in total. The number of hydrogen-bond acceptors (Lipinski definition) is 15. The Morgan fingerprint density at radius 3 is 1.04 bits per heavy atom. The molecule has 254 valence electrons. The van der Waals surface area contributed by atoms with E-state index in [2.05, 4.69) is 35.7 Å². The van der Waals surface area contributed by atoms with E-state index in [4.69, 9.17) is 28.4 Å². The summed E-state index contributed by atoms with van der Waals surface area (Å²) < 4.78 is 30.9. The van der Waals surface area contributed by atoms with Gasteiger partial charge >= 0.3 is 35.8 Å². The van der Waals surface area contributed by atoms with Gasteiger partial charge in [-0.05, 0) is 6.42 Å². The molecule has 0 saturated carbocycles. The molecule has 0 spiro atoms. The number of rotatable bonds is 28. The highest BCUT2D eigenvalue weighted by molar-refractivity contribution is 5.81. The van der Waals surface area contributed by atoms with Gasteiger partial charge in [0.05, 0.1) is 24.7 Å². The van der Waals surface area contributed by atoms with Crippen LogP contribution in [0.4, 0.5) is 0 Å². The van der Waals surface area contributed by atoms with Gasteiger partial charge in [0.25, 0.3) is 0 Å². The average molecular weight is 642 g/mol. The van der Waals surface area contributed by atoms with Crippen molar-refractivity contribution in [3.8, 4) is 0 Å². The van der Waals surface area contributed by atoms with Gasteiger partial charge < -0.3 is 44.4 Å². The molecule has 0 rings (SSSR count). The van der Waals surface area contributed by atoms with E-state index in [1.165, 1.54) is 0 Å². The smallest absolute Gasteiger partial charge is 0.330 e. The van der Waals surface area contributed by atoms with Crippen LogP contribution in [0.2, 0.25) is 0 Å². The summed E-state index contributed by atoms with van der Waals surface area (Å²) in [7, 11) is 0. The van der Waals surface area contributed by atoms with Gasteiger partial charge in [-0.1, -0.05) is 26.7 Å². The van der Waals surface area contributed by atoms with Crippen LogP contribution in [-0.2, 0) is 57.2 Å². The largest absolute Gasteiger partial charge is 0.465 e. The Bertz CT molecular complexity index is 853. The van der Waals surface area contributed by atoms with Gasteiger partial charge in [-0.25, -0.2) is 14.4 Å². The number of nitrogens with one attached hydrogen (secondary N) is 3. The molecule has 0 aliphatic heterocycles. The quantitative estimate of drug-likeness (QED) is 0.0452. The van der Waals surface area contributed by atoms with E-state index >= 15 is 0 Å². The zero-order valence-electron chi connectivity index (χ0n) is 26.1. The van der Waals surface area contributed by atoms with E-state index in [0.29, 0.717) is 26.1 Å². The fraction of sp³-hybridized carbons (Fsp3) is 0.600. The lowest BCUT2D eigenvalue weighted by molar-refractivity contribution is -0.162. The summed E-state index contributed by atoms with van der Waals surface area (Å²) in [6.07, 6.45) is 3.59. The Morgan fingerprint density at radius 2 is 0.800 bits per heavy atom. The molecular formula is C30H47N3O12. The summed E-state index contributed by atoms with van der Waals surface area (Å²) >= 11 is 0. The molecule has 0 aromatic rings. The molecular weight excluding hydrogens is 594 g/mol. The lowest BCUT2D eigenvalue weighted by Gasteiger charge is -2.31. The van der Waals surface area contributed by atoms with Crippen molar-refractivity contribution in [3.63, 3.8) is 0 Å². The second kappa shape index (κ2) is 26.3. The second-order valence-corrected chi connectivity index (χ2v) is 9.45. The zero-order chi connectivity index (χ0) is 33.8.